The van der Waals surface area contributed by atoms with E-state index in [1.165, 1.54) is 6.34 Å². The number of guanidine groups is 2. The van der Waals surface area contributed by atoms with Crippen molar-refractivity contribution in [2.45, 2.75) is 0 Å². The molecule has 1 aromatic heterocycles. The number of allylic oxidation sites excluding steroid dienone is 2. The van der Waals surface area contributed by atoms with E-state index in [2.05, 4.69) is 76.3 Å². The van der Waals surface area contributed by atoms with Gasteiger partial charge in [0.1, 0.15) is 6.34 Å². The van der Waals surface area contributed by atoms with Gasteiger partial charge in [0.25, 0.3) is 0 Å². The Balaban J connectivity index is 1.47. The van der Waals surface area contributed by atoms with E-state index in [1.807, 2.05) is 35.2 Å². The topological polar surface area (TPSA) is 77.3 Å². The Morgan fingerprint density at radius 1 is 0.886 bits per heavy atom. The van der Waals surface area contributed by atoms with Crippen LogP contribution in [-0.2, 0) is 0 Å². The molecule has 0 fully saturated rings. The molecule has 2 aromatic carbocycles. The first-order chi connectivity index (χ1) is 17.1. The molecular formula is C28H19N7. The minimum absolute atomic E-state index is 0.559. The van der Waals surface area contributed by atoms with E-state index in [0.29, 0.717) is 11.9 Å². The van der Waals surface area contributed by atoms with Crippen LogP contribution in [0.1, 0.15) is 11.1 Å². The van der Waals surface area contributed by atoms with E-state index < -0.39 is 0 Å². The van der Waals surface area contributed by atoms with Gasteiger partial charge in [-0.1, -0.05) is 61.7 Å². The third-order valence-corrected chi connectivity index (χ3v) is 6.26. The van der Waals surface area contributed by atoms with E-state index in [-0.39, 0.29) is 0 Å². The molecule has 0 atom stereocenters. The predicted molar refractivity (Wildman–Crippen MR) is 143 cm³/mol. The third-order valence-electron chi connectivity index (χ3n) is 6.26. The SMILES string of the molecule is C=C1C=Cc2cccc(C3=CC4=C/C(=c5\cccc6ccc(=C)nc56)NC5=NC=NC(=N3)N45)c2N1. The molecule has 3 aromatic rings. The third kappa shape index (κ3) is 3.06. The Kier molecular flexibility index (Phi) is 4.01. The number of benzene rings is 2. The Morgan fingerprint density at radius 2 is 1.80 bits per heavy atom. The molecule has 0 saturated heterocycles. The zero-order valence-corrected chi connectivity index (χ0v) is 18.7. The summed E-state index contributed by atoms with van der Waals surface area (Å²) < 4.78 is 0. The highest BCUT2D eigenvalue weighted by atomic mass is 15.4. The molecule has 2 N–H and O–H groups in total. The summed E-state index contributed by atoms with van der Waals surface area (Å²) in [5, 5.41) is 9.59. The van der Waals surface area contributed by atoms with Crippen molar-refractivity contribution in [3.05, 3.63) is 106 Å². The summed E-state index contributed by atoms with van der Waals surface area (Å²) in [5.74, 6) is 1.21. The normalized spacial score (nSPS) is 19.1. The molecule has 0 radical (unpaired) electrons. The summed E-state index contributed by atoms with van der Waals surface area (Å²) in [6.07, 6.45) is 9.70. The van der Waals surface area contributed by atoms with Crippen LogP contribution in [-0.4, -0.2) is 28.1 Å². The number of pyridine rings is 1. The van der Waals surface area contributed by atoms with Crippen LogP contribution in [0.5, 0.6) is 0 Å². The first-order valence-corrected chi connectivity index (χ1v) is 11.2. The second-order valence-corrected chi connectivity index (χ2v) is 8.52. The molecule has 0 unspecified atom stereocenters. The molecule has 7 heteroatoms. The van der Waals surface area contributed by atoms with Crippen LogP contribution in [0, 0.1) is 0 Å². The smallest absolute Gasteiger partial charge is 0.239 e. The highest BCUT2D eigenvalue weighted by Gasteiger charge is 2.32. The number of aromatic nitrogens is 1. The summed E-state index contributed by atoms with van der Waals surface area (Å²) in [6.45, 7) is 8.06. The summed E-state index contributed by atoms with van der Waals surface area (Å²) >= 11 is 0. The molecular weight excluding hydrogens is 434 g/mol. The van der Waals surface area contributed by atoms with Gasteiger partial charge < -0.3 is 10.6 Å². The summed E-state index contributed by atoms with van der Waals surface area (Å²) in [7, 11) is 0. The van der Waals surface area contributed by atoms with Crippen molar-refractivity contribution >= 4 is 58.9 Å². The van der Waals surface area contributed by atoms with Gasteiger partial charge in [-0.15, -0.1) is 0 Å². The average Bonchev–Trinajstić information content (AvgIpc) is 2.88. The Morgan fingerprint density at radius 3 is 2.74 bits per heavy atom. The molecule has 5 heterocycles. The van der Waals surface area contributed by atoms with E-state index in [0.717, 1.165) is 61.1 Å². The van der Waals surface area contributed by atoms with Crippen molar-refractivity contribution in [2.75, 3.05) is 5.32 Å². The summed E-state index contributed by atoms with van der Waals surface area (Å²) in [5.41, 5.74) is 7.40. The van der Waals surface area contributed by atoms with Crippen LogP contribution in [0.4, 0.5) is 5.69 Å². The lowest BCUT2D eigenvalue weighted by molar-refractivity contribution is 0.713. The first kappa shape index (κ1) is 19.4. The highest BCUT2D eigenvalue weighted by molar-refractivity contribution is 6.15. The van der Waals surface area contributed by atoms with Crippen molar-refractivity contribution in [1.29, 1.82) is 0 Å². The predicted octanol–water partition coefficient (Wildman–Crippen LogP) is 3.30. The van der Waals surface area contributed by atoms with Crippen LogP contribution in [0.2, 0.25) is 0 Å². The van der Waals surface area contributed by atoms with Gasteiger partial charge in [0.15, 0.2) is 0 Å². The first-order valence-electron chi connectivity index (χ1n) is 11.2. The van der Waals surface area contributed by atoms with Gasteiger partial charge in [-0.25, -0.2) is 24.9 Å². The Labute approximate surface area is 201 Å². The minimum Gasteiger partial charge on any atom is -0.355 e. The van der Waals surface area contributed by atoms with Gasteiger partial charge in [-0.2, -0.15) is 0 Å². The number of rotatable bonds is 1. The molecule has 4 aliphatic rings. The van der Waals surface area contributed by atoms with Gasteiger partial charge >= 0.3 is 0 Å². The molecule has 0 bridgehead atoms. The standard InChI is InChI=1S/C28H19N7/c1-16-9-11-18-5-3-7-21(25(18)31-16)23-13-20-14-24(34-28-30-15-29-27(33-23)35(20)28)22-8-4-6-19-12-10-17(2)32-26(19)22/h3-15,31H,1-2H2,(H,29,30,33,34)/b24-22-. The largest absolute Gasteiger partial charge is 0.355 e. The van der Waals surface area contributed by atoms with Crippen molar-refractivity contribution in [1.82, 2.24) is 15.2 Å². The lowest BCUT2D eigenvalue weighted by Crippen LogP contribution is -2.49. The van der Waals surface area contributed by atoms with Crippen molar-refractivity contribution in [3.63, 3.8) is 0 Å². The quantitative estimate of drug-likeness (QED) is 0.593. The van der Waals surface area contributed by atoms with E-state index >= 15 is 0 Å². The number of nitrogens with zero attached hydrogens (tertiary/aromatic N) is 5. The van der Waals surface area contributed by atoms with Crippen LogP contribution in [0.25, 0.3) is 35.0 Å². The number of fused-ring (bicyclic) bond motifs is 2. The highest BCUT2D eigenvalue weighted by Crippen LogP contribution is 2.36. The maximum absolute atomic E-state index is 4.87. The number of aliphatic imine (C=N–C) groups is 3. The fourth-order valence-electron chi connectivity index (χ4n) is 4.65. The van der Waals surface area contributed by atoms with Crippen LogP contribution < -0.4 is 21.2 Å². The van der Waals surface area contributed by atoms with Gasteiger partial charge in [0.05, 0.1) is 33.6 Å². The summed E-state index contributed by atoms with van der Waals surface area (Å²) in [6, 6.07) is 16.3. The number of para-hydroxylation sites is 2. The van der Waals surface area contributed by atoms with Crippen molar-refractivity contribution in [2.24, 2.45) is 15.0 Å². The monoisotopic (exact) mass is 453 g/mol. The van der Waals surface area contributed by atoms with E-state index in [9.17, 15) is 0 Å². The fraction of sp³-hybridized carbons (Fsp3) is 0. The Bertz CT molecular complexity index is 1780. The molecule has 0 saturated carbocycles. The van der Waals surface area contributed by atoms with Gasteiger partial charge in [-0.05, 0) is 29.9 Å². The fourth-order valence-corrected chi connectivity index (χ4v) is 4.65. The van der Waals surface area contributed by atoms with Gasteiger partial charge in [0, 0.05) is 21.9 Å². The number of anilines is 1. The zero-order chi connectivity index (χ0) is 23.5. The second-order valence-electron chi connectivity index (χ2n) is 8.52. The molecule has 0 spiro atoms. The van der Waals surface area contributed by atoms with Crippen LogP contribution in [0.15, 0.2) is 99.7 Å². The molecule has 4 aliphatic heterocycles. The molecule has 0 aliphatic carbocycles. The lowest BCUT2D eigenvalue weighted by atomic mass is 9.99. The Hall–Kier alpha value is -5.04. The average molecular weight is 454 g/mol. The second kappa shape index (κ2) is 7.23. The van der Waals surface area contributed by atoms with Crippen LogP contribution >= 0.6 is 0 Å². The molecule has 166 valence electrons. The van der Waals surface area contributed by atoms with E-state index in [4.69, 9.17) is 9.98 Å². The van der Waals surface area contributed by atoms with Crippen molar-refractivity contribution in [3.8, 4) is 0 Å². The van der Waals surface area contributed by atoms with Gasteiger partial charge in [0.2, 0.25) is 11.9 Å². The number of hydrogen-bond acceptors (Lipinski definition) is 7. The van der Waals surface area contributed by atoms with E-state index in [1.54, 1.807) is 0 Å². The van der Waals surface area contributed by atoms with Crippen LogP contribution in [0.3, 0.4) is 0 Å². The maximum atomic E-state index is 4.87. The molecule has 7 rings (SSSR count). The number of hydrogen-bond donors (Lipinski definition) is 2. The zero-order valence-electron chi connectivity index (χ0n) is 18.7. The summed E-state index contributed by atoms with van der Waals surface area (Å²) in [4.78, 5) is 20.4. The molecule has 7 nitrogen and oxygen atoms in total. The maximum Gasteiger partial charge on any atom is 0.239 e. The van der Waals surface area contributed by atoms with Crippen molar-refractivity contribution < 1.29 is 0 Å². The number of nitrogens with one attached hydrogen (secondary N) is 2. The lowest BCUT2D eigenvalue weighted by Gasteiger charge is -2.35. The molecule has 0 amide bonds. The van der Waals surface area contributed by atoms with Gasteiger partial charge in [-0.3, -0.25) is 0 Å². The molecule has 35 heavy (non-hydrogen) atoms. The minimum atomic E-state index is 0.559.